The van der Waals surface area contributed by atoms with Gasteiger partial charge in [0.05, 0.1) is 10.6 Å². The Morgan fingerprint density at radius 1 is 1.16 bits per heavy atom. The normalized spacial score (nSPS) is 11.7. The van der Waals surface area contributed by atoms with Crippen molar-refractivity contribution in [3.8, 4) is 6.07 Å². The van der Waals surface area contributed by atoms with E-state index < -0.39 is 0 Å². The summed E-state index contributed by atoms with van der Waals surface area (Å²) in [6, 6.07) is 11.3. The first-order chi connectivity index (χ1) is 9.13. The van der Waals surface area contributed by atoms with Crippen molar-refractivity contribution in [2.24, 2.45) is 0 Å². The van der Waals surface area contributed by atoms with Crippen molar-refractivity contribution in [3.63, 3.8) is 0 Å². The molecule has 1 aromatic carbocycles. The molecule has 19 heavy (non-hydrogen) atoms. The van der Waals surface area contributed by atoms with Gasteiger partial charge in [0.1, 0.15) is 6.07 Å². The topological polar surface area (TPSA) is 36.7 Å². The number of allylic oxidation sites excluding steroid dienone is 1. The van der Waals surface area contributed by atoms with E-state index >= 15 is 0 Å². The highest BCUT2D eigenvalue weighted by Gasteiger charge is 2.12. The number of aromatic nitrogens is 1. The van der Waals surface area contributed by atoms with Crippen molar-refractivity contribution in [2.75, 3.05) is 0 Å². The van der Waals surface area contributed by atoms with Crippen molar-refractivity contribution >= 4 is 54.1 Å². The lowest BCUT2D eigenvalue weighted by Gasteiger charge is -2.07. The molecule has 0 radical (unpaired) electrons. The third-order valence-electron chi connectivity index (χ3n) is 2.47. The number of hydrogen-bond donors (Lipinski definition) is 0. The van der Waals surface area contributed by atoms with Crippen LogP contribution in [-0.4, -0.2) is 4.98 Å². The van der Waals surface area contributed by atoms with Gasteiger partial charge in [0.25, 0.3) is 0 Å². The fourth-order valence-corrected chi connectivity index (χ4v) is 2.79. The van der Waals surface area contributed by atoms with Crippen LogP contribution in [0, 0.1) is 11.3 Å². The minimum atomic E-state index is 0.405. The van der Waals surface area contributed by atoms with E-state index in [2.05, 4.69) is 42.9 Å². The van der Waals surface area contributed by atoms with Gasteiger partial charge in [0, 0.05) is 26.9 Å². The second-order valence-corrected chi connectivity index (χ2v) is 5.81. The van der Waals surface area contributed by atoms with Crippen LogP contribution in [0.2, 0.25) is 0 Å². The predicted octanol–water partition coefficient (Wildman–Crippen LogP) is 5.24. The maximum atomic E-state index is 9.33. The van der Waals surface area contributed by atoms with E-state index in [0.717, 1.165) is 20.1 Å². The van der Waals surface area contributed by atoms with E-state index in [1.165, 1.54) is 0 Å². The Bertz CT molecular complexity index is 676. The standard InChI is InChI=1S/C14H7Br2ClN2/c15-10-1-2-13(16)11(7-10)14(17)12(8-18)9-3-5-19-6-4-9/h1-7H/b14-12-. The Morgan fingerprint density at radius 3 is 2.47 bits per heavy atom. The molecule has 0 aliphatic heterocycles. The molecule has 94 valence electrons. The Hall–Kier alpha value is -1.15. The average Bonchev–Trinajstić information content (AvgIpc) is 2.43. The minimum absolute atomic E-state index is 0.405. The summed E-state index contributed by atoms with van der Waals surface area (Å²) in [7, 11) is 0. The molecule has 0 fully saturated rings. The van der Waals surface area contributed by atoms with Crippen molar-refractivity contribution in [1.29, 1.82) is 5.26 Å². The Kier molecular flexibility index (Phi) is 4.76. The van der Waals surface area contributed by atoms with Gasteiger partial charge in [0.15, 0.2) is 0 Å². The minimum Gasteiger partial charge on any atom is -0.265 e. The molecule has 0 saturated carbocycles. The van der Waals surface area contributed by atoms with Crippen LogP contribution in [0.5, 0.6) is 0 Å². The van der Waals surface area contributed by atoms with E-state index in [0.29, 0.717) is 10.6 Å². The molecule has 2 nitrogen and oxygen atoms in total. The Labute approximate surface area is 133 Å². The number of hydrogen-bond acceptors (Lipinski definition) is 2. The molecule has 0 aliphatic rings. The van der Waals surface area contributed by atoms with E-state index in [-0.39, 0.29) is 0 Å². The smallest absolute Gasteiger partial charge is 0.101 e. The number of nitriles is 1. The zero-order valence-electron chi connectivity index (χ0n) is 9.57. The number of nitrogens with zero attached hydrogens (tertiary/aromatic N) is 2. The molecule has 0 unspecified atom stereocenters. The van der Waals surface area contributed by atoms with Crippen LogP contribution in [-0.2, 0) is 0 Å². The number of pyridine rings is 1. The highest BCUT2D eigenvalue weighted by Crippen LogP contribution is 2.35. The zero-order chi connectivity index (χ0) is 13.8. The maximum absolute atomic E-state index is 9.33. The molecule has 0 bridgehead atoms. The summed E-state index contributed by atoms with van der Waals surface area (Å²) in [5.41, 5.74) is 1.93. The van der Waals surface area contributed by atoms with Crippen LogP contribution in [0.25, 0.3) is 10.6 Å². The molecule has 0 aliphatic carbocycles. The van der Waals surface area contributed by atoms with Crippen LogP contribution in [0.15, 0.2) is 51.7 Å². The zero-order valence-corrected chi connectivity index (χ0v) is 13.5. The number of rotatable bonds is 2. The van der Waals surface area contributed by atoms with E-state index in [9.17, 15) is 5.26 Å². The molecule has 5 heteroatoms. The Morgan fingerprint density at radius 2 is 1.84 bits per heavy atom. The fourth-order valence-electron chi connectivity index (χ4n) is 1.56. The first kappa shape index (κ1) is 14.3. The molecule has 2 rings (SSSR count). The third-order valence-corrected chi connectivity index (χ3v) is 4.04. The van der Waals surface area contributed by atoms with Gasteiger partial charge in [-0.15, -0.1) is 0 Å². The summed E-state index contributed by atoms with van der Waals surface area (Å²) in [6.45, 7) is 0. The van der Waals surface area contributed by atoms with Crippen molar-refractivity contribution in [1.82, 2.24) is 4.98 Å². The quantitative estimate of drug-likeness (QED) is 0.649. The van der Waals surface area contributed by atoms with Crippen LogP contribution < -0.4 is 0 Å². The third kappa shape index (κ3) is 3.24. The molecule has 1 aromatic heterocycles. The second kappa shape index (κ2) is 6.33. The molecule has 1 heterocycles. The average molecular weight is 398 g/mol. The monoisotopic (exact) mass is 396 g/mol. The summed E-state index contributed by atoms with van der Waals surface area (Å²) < 4.78 is 1.73. The predicted molar refractivity (Wildman–Crippen MR) is 84.4 cm³/mol. The number of halogens is 3. The summed E-state index contributed by atoms with van der Waals surface area (Å²) >= 11 is 13.2. The molecule has 2 aromatic rings. The lowest BCUT2D eigenvalue weighted by Crippen LogP contribution is -1.88. The van der Waals surface area contributed by atoms with Gasteiger partial charge >= 0.3 is 0 Å². The van der Waals surface area contributed by atoms with E-state index in [1.54, 1.807) is 24.5 Å². The second-order valence-electron chi connectivity index (χ2n) is 3.66. The first-order valence-electron chi connectivity index (χ1n) is 5.29. The van der Waals surface area contributed by atoms with Gasteiger partial charge in [0.2, 0.25) is 0 Å². The molecular formula is C14H7Br2ClN2. The van der Waals surface area contributed by atoms with Crippen molar-refractivity contribution in [2.45, 2.75) is 0 Å². The first-order valence-corrected chi connectivity index (χ1v) is 7.25. The lowest BCUT2D eigenvalue weighted by atomic mass is 10.0. The van der Waals surface area contributed by atoms with Crippen LogP contribution in [0.1, 0.15) is 11.1 Å². The largest absolute Gasteiger partial charge is 0.265 e. The van der Waals surface area contributed by atoms with Gasteiger partial charge in [-0.2, -0.15) is 5.26 Å². The lowest BCUT2D eigenvalue weighted by molar-refractivity contribution is 1.32. The van der Waals surface area contributed by atoms with Gasteiger partial charge in [-0.05, 0) is 35.9 Å². The van der Waals surface area contributed by atoms with Crippen molar-refractivity contribution < 1.29 is 0 Å². The van der Waals surface area contributed by atoms with Gasteiger partial charge < -0.3 is 0 Å². The summed E-state index contributed by atoms with van der Waals surface area (Å²) in [4.78, 5) is 3.93. The van der Waals surface area contributed by atoms with Crippen LogP contribution >= 0.6 is 43.5 Å². The van der Waals surface area contributed by atoms with E-state index in [4.69, 9.17) is 11.6 Å². The fraction of sp³-hybridized carbons (Fsp3) is 0. The Balaban J connectivity index is 2.62. The molecule has 0 spiro atoms. The summed E-state index contributed by atoms with van der Waals surface area (Å²) in [5.74, 6) is 0. The maximum Gasteiger partial charge on any atom is 0.101 e. The SMILES string of the molecule is N#C/C(=C(/Cl)c1cc(Br)ccc1Br)c1ccncc1. The van der Waals surface area contributed by atoms with Gasteiger partial charge in [-0.25, -0.2) is 0 Å². The van der Waals surface area contributed by atoms with Crippen LogP contribution in [0.3, 0.4) is 0 Å². The molecule has 0 N–H and O–H groups in total. The highest BCUT2D eigenvalue weighted by atomic mass is 79.9. The van der Waals surface area contributed by atoms with Gasteiger partial charge in [-0.1, -0.05) is 43.5 Å². The van der Waals surface area contributed by atoms with E-state index in [1.807, 2.05) is 18.2 Å². The summed E-state index contributed by atoms with van der Waals surface area (Å²) in [6.07, 6.45) is 3.26. The molecule has 0 atom stereocenters. The van der Waals surface area contributed by atoms with Crippen molar-refractivity contribution in [3.05, 3.63) is 62.8 Å². The highest BCUT2D eigenvalue weighted by molar-refractivity contribution is 9.11. The van der Waals surface area contributed by atoms with Gasteiger partial charge in [-0.3, -0.25) is 4.98 Å². The molecule has 0 saturated heterocycles. The molecule has 0 amide bonds. The summed E-state index contributed by atoms with van der Waals surface area (Å²) in [5, 5.41) is 9.74. The van der Waals surface area contributed by atoms with Crippen LogP contribution in [0.4, 0.5) is 0 Å². The number of benzene rings is 1. The molecular weight excluding hydrogens is 391 g/mol.